The standard InChI is InChI=1S/C12H14N2O/c1-10-13-7-8-14(10)12(15)9-11-5-3-2-4-6-11/h2-6H,7-9H2,1H3. The normalized spacial score (nSPS) is 15.3. The molecular weight excluding hydrogens is 188 g/mol. The lowest BCUT2D eigenvalue weighted by atomic mass is 10.1. The first-order valence-corrected chi connectivity index (χ1v) is 5.13. The SMILES string of the molecule is CC1=NCCN1C(=O)Cc1ccccc1. The summed E-state index contributed by atoms with van der Waals surface area (Å²) in [6, 6.07) is 9.80. The van der Waals surface area contributed by atoms with Gasteiger partial charge >= 0.3 is 0 Å². The largest absolute Gasteiger partial charge is 0.299 e. The number of benzene rings is 1. The van der Waals surface area contributed by atoms with Crippen LogP contribution in [0.15, 0.2) is 35.3 Å². The third-order valence-electron chi connectivity index (χ3n) is 2.55. The fourth-order valence-electron chi connectivity index (χ4n) is 1.73. The van der Waals surface area contributed by atoms with Crippen LogP contribution >= 0.6 is 0 Å². The summed E-state index contributed by atoms with van der Waals surface area (Å²) in [5.41, 5.74) is 1.06. The Morgan fingerprint density at radius 3 is 2.73 bits per heavy atom. The highest BCUT2D eigenvalue weighted by Crippen LogP contribution is 2.07. The van der Waals surface area contributed by atoms with Crippen molar-refractivity contribution in [2.45, 2.75) is 13.3 Å². The van der Waals surface area contributed by atoms with Crippen LogP contribution in [0.1, 0.15) is 12.5 Å². The van der Waals surface area contributed by atoms with E-state index in [1.807, 2.05) is 37.3 Å². The van der Waals surface area contributed by atoms with E-state index < -0.39 is 0 Å². The van der Waals surface area contributed by atoms with Crippen molar-refractivity contribution in [1.29, 1.82) is 0 Å². The van der Waals surface area contributed by atoms with Gasteiger partial charge in [0, 0.05) is 6.54 Å². The maximum atomic E-state index is 11.9. The van der Waals surface area contributed by atoms with Gasteiger partial charge in [-0.25, -0.2) is 0 Å². The molecule has 0 aliphatic carbocycles. The highest BCUT2D eigenvalue weighted by atomic mass is 16.2. The molecule has 0 spiro atoms. The Morgan fingerprint density at radius 2 is 2.13 bits per heavy atom. The highest BCUT2D eigenvalue weighted by molar-refractivity contribution is 5.98. The van der Waals surface area contributed by atoms with Crippen LogP contribution in [-0.4, -0.2) is 29.7 Å². The molecule has 1 heterocycles. The van der Waals surface area contributed by atoms with Gasteiger partial charge in [0.25, 0.3) is 0 Å². The summed E-state index contributed by atoms with van der Waals surface area (Å²) >= 11 is 0. The molecule has 0 bridgehead atoms. The van der Waals surface area contributed by atoms with E-state index in [0.717, 1.165) is 24.5 Å². The van der Waals surface area contributed by atoms with Gasteiger partial charge < -0.3 is 0 Å². The van der Waals surface area contributed by atoms with Crippen molar-refractivity contribution in [3.05, 3.63) is 35.9 Å². The molecule has 1 aliphatic heterocycles. The summed E-state index contributed by atoms with van der Waals surface area (Å²) in [7, 11) is 0. The number of amidine groups is 1. The average Bonchev–Trinajstić information content (AvgIpc) is 2.66. The van der Waals surface area contributed by atoms with Gasteiger partial charge in [-0.2, -0.15) is 0 Å². The topological polar surface area (TPSA) is 32.7 Å². The van der Waals surface area contributed by atoms with Crippen molar-refractivity contribution in [2.75, 3.05) is 13.1 Å². The predicted octanol–water partition coefficient (Wildman–Crippen LogP) is 1.49. The minimum atomic E-state index is 0.139. The molecule has 0 N–H and O–H groups in total. The average molecular weight is 202 g/mol. The van der Waals surface area contributed by atoms with E-state index in [0.29, 0.717) is 6.42 Å². The zero-order valence-corrected chi connectivity index (χ0v) is 8.81. The molecule has 15 heavy (non-hydrogen) atoms. The second-order valence-corrected chi connectivity index (χ2v) is 3.64. The number of amides is 1. The van der Waals surface area contributed by atoms with E-state index in [1.54, 1.807) is 4.90 Å². The monoisotopic (exact) mass is 202 g/mol. The predicted molar refractivity (Wildman–Crippen MR) is 59.8 cm³/mol. The fraction of sp³-hybridized carbons (Fsp3) is 0.333. The molecule has 78 valence electrons. The molecular formula is C12H14N2O. The molecule has 0 aromatic heterocycles. The maximum absolute atomic E-state index is 11.9. The Balaban J connectivity index is 2.02. The Kier molecular flexibility index (Phi) is 2.81. The Morgan fingerprint density at radius 1 is 1.40 bits per heavy atom. The lowest BCUT2D eigenvalue weighted by molar-refractivity contribution is -0.126. The molecule has 0 radical (unpaired) electrons. The van der Waals surface area contributed by atoms with E-state index in [-0.39, 0.29) is 5.91 Å². The van der Waals surface area contributed by atoms with Crippen molar-refractivity contribution < 1.29 is 4.79 Å². The smallest absolute Gasteiger partial charge is 0.232 e. The number of nitrogens with zero attached hydrogens (tertiary/aromatic N) is 2. The van der Waals surface area contributed by atoms with E-state index in [2.05, 4.69) is 4.99 Å². The first-order valence-electron chi connectivity index (χ1n) is 5.13. The second-order valence-electron chi connectivity index (χ2n) is 3.64. The van der Waals surface area contributed by atoms with Crippen LogP contribution in [0.4, 0.5) is 0 Å². The third-order valence-corrected chi connectivity index (χ3v) is 2.55. The summed E-state index contributed by atoms with van der Waals surface area (Å²) < 4.78 is 0. The summed E-state index contributed by atoms with van der Waals surface area (Å²) in [4.78, 5) is 17.8. The van der Waals surface area contributed by atoms with Gasteiger partial charge in [-0.1, -0.05) is 30.3 Å². The van der Waals surface area contributed by atoms with Crippen LogP contribution in [0.25, 0.3) is 0 Å². The first kappa shape index (κ1) is 9.90. The summed E-state index contributed by atoms with van der Waals surface area (Å²) in [6.07, 6.45) is 0.466. The molecule has 3 nitrogen and oxygen atoms in total. The molecule has 0 unspecified atom stereocenters. The Hall–Kier alpha value is -1.64. The van der Waals surface area contributed by atoms with Gasteiger partial charge in [0.15, 0.2) is 0 Å². The summed E-state index contributed by atoms with van der Waals surface area (Å²) in [6.45, 7) is 3.36. The van der Waals surface area contributed by atoms with Gasteiger partial charge in [-0.15, -0.1) is 0 Å². The van der Waals surface area contributed by atoms with Crippen LogP contribution in [-0.2, 0) is 11.2 Å². The van der Waals surface area contributed by atoms with Crippen molar-refractivity contribution in [3.63, 3.8) is 0 Å². The van der Waals surface area contributed by atoms with E-state index in [4.69, 9.17) is 0 Å². The number of hydrogen-bond acceptors (Lipinski definition) is 2. The van der Waals surface area contributed by atoms with Crippen molar-refractivity contribution in [3.8, 4) is 0 Å². The number of aliphatic imine (C=N–C) groups is 1. The molecule has 1 amide bonds. The van der Waals surface area contributed by atoms with Gasteiger partial charge in [-0.05, 0) is 12.5 Å². The number of rotatable bonds is 2. The minimum absolute atomic E-state index is 0.139. The molecule has 0 atom stereocenters. The highest BCUT2D eigenvalue weighted by Gasteiger charge is 2.19. The van der Waals surface area contributed by atoms with Crippen molar-refractivity contribution in [1.82, 2.24) is 4.90 Å². The fourth-order valence-corrected chi connectivity index (χ4v) is 1.73. The molecule has 0 saturated carbocycles. The molecule has 0 fully saturated rings. The van der Waals surface area contributed by atoms with Crippen molar-refractivity contribution >= 4 is 11.7 Å². The number of carbonyl (C=O) groups is 1. The molecule has 3 heteroatoms. The lowest BCUT2D eigenvalue weighted by Gasteiger charge is -2.15. The molecule has 1 aromatic rings. The molecule has 1 aromatic carbocycles. The third kappa shape index (κ3) is 2.24. The summed E-state index contributed by atoms with van der Waals surface area (Å²) in [5, 5.41) is 0. The zero-order chi connectivity index (χ0) is 10.7. The van der Waals surface area contributed by atoms with E-state index in [9.17, 15) is 4.79 Å². The van der Waals surface area contributed by atoms with Crippen LogP contribution in [0, 0.1) is 0 Å². The molecule has 2 rings (SSSR count). The Labute approximate surface area is 89.4 Å². The van der Waals surface area contributed by atoms with E-state index in [1.165, 1.54) is 0 Å². The molecule has 1 aliphatic rings. The van der Waals surface area contributed by atoms with Gasteiger partial charge in [0.2, 0.25) is 5.91 Å². The van der Waals surface area contributed by atoms with Crippen LogP contribution in [0.3, 0.4) is 0 Å². The first-order chi connectivity index (χ1) is 7.27. The number of carbonyl (C=O) groups excluding carboxylic acids is 1. The lowest BCUT2D eigenvalue weighted by Crippen LogP contribution is -2.33. The number of hydrogen-bond donors (Lipinski definition) is 0. The Bertz CT molecular complexity index is 384. The zero-order valence-electron chi connectivity index (χ0n) is 8.81. The van der Waals surface area contributed by atoms with Crippen LogP contribution in [0.5, 0.6) is 0 Å². The summed E-state index contributed by atoms with van der Waals surface area (Å²) in [5.74, 6) is 0.982. The quantitative estimate of drug-likeness (QED) is 0.715. The van der Waals surface area contributed by atoms with Gasteiger partial charge in [0.05, 0.1) is 13.0 Å². The molecule has 0 saturated heterocycles. The van der Waals surface area contributed by atoms with Crippen LogP contribution in [0.2, 0.25) is 0 Å². The van der Waals surface area contributed by atoms with Crippen LogP contribution < -0.4 is 0 Å². The maximum Gasteiger partial charge on any atom is 0.232 e. The van der Waals surface area contributed by atoms with Gasteiger partial charge in [0.1, 0.15) is 5.84 Å². The van der Waals surface area contributed by atoms with Crippen molar-refractivity contribution in [2.24, 2.45) is 4.99 Å². The minimum Gasteiger partial charge on any atom is -0.299 e. The van der Waals surface area contributed by atoms with Gasteiger partial charge in [-0.3, -0.25) is 14.7 Å². The second kappa shape index (κ2) is 4.26. The van der Waals surface area contributed by atoms with E-state index >= 15 is 0 Å².